The first-order valence-corrected chi connectivity index (χ1v) is 6.45. The third kappa shape index (κ3) is 4.70. The summed E-state index contributed by atoms with van der Waals surface area (Å²) >= 11 is 0. The fourth-order valence-electron chi connectivity index (χ4n) is 1.74. The Morgan fingerprint density at radius 3 is 2.45 bits per heavy atom. The molecule has 0 aliphatic carbocycles. The highest BCUT2D eigenvalue weighted by Gasteiger charge is 2.17. The van der Waals surface area contributed by atoms with Crippen molar-refractivity contribution in [1.82, 2.24) is 10.2 Å². The van der Waals surface area contributed by atoms with Gasteiger partial charge in [-0.2, -0.15) is 0 Å². The summed E-state index contributed by atoms with van der Waals surface area (Å²) in [4.78, 5) is 25.0. The van der Waals surface area contributed by atoms with E-state index in [2.05, 4.69) is 5.32 Å². The van der Waals surface area contributed by atoms with Crippen LogP contribution in [0.3, 0.4) is 0 Å². The van der Waals surface area contributed by atoms with Crippen LogP contribution in [0.5, 0.6) is 0 Å². The van der Waals surface area contributed by atoms with E-state index in [-0.39, 0.29) is 24.6 Å². The molecule has 110 valence electrons. The zero-order valence-electron chi connectivity index (χ0n) is 11.6. The normalized spacial score (nSPS) is 10.7. The smallest absolute Gasteiger partial charge is 0.234 e. The fourth-order valence-corrected chi connectivity index (χ4v) is 1.74. The second-order valence-electron chi connectivity index (χ2n) is 4.30. The SMILES string of the molecule is CCNC(=O)CN(CC)CC(=O)c1ccc(F)cc1F. The average molecular weight is 284 g/mol. The molecular weight excluding hydrogens is 266 g/mol. The van der Waals surface area contributed by atoms with Crippen LogP contribution in [0.15, 0.2) is 18.2 Å². The first-order chi connectivity index (χ1) is 9.47. The Labute approximate surface area is 116 Å². The van der Waals surface area contributed by atoms with Crippen molar-refractivity contribution in [2.45, 2.75) is 13.8 Å². The van der Waals surface area contributed by atoms with Gasteiger partial charge < -0.3 is 5.32 Å². The molecule has 0 atom stereocenters. The van der Waals surface area contributed by atoms with E-state index in [1.165, 1.54) is 0 Å². The number of carbonyl (C=O) groups excluding carboxylic acids is 2. The van der Waals surface area contributed by atoms with Crippen LogP contribution in [0.4, 0.5) is 8.78 Å². The van der Waals surface area contributed by atoms with Crippen molar-refractivity contribution in [1.29, 1.82) is 0 Å². The van der Waals surface area contributed by atoms with Crippen molar-refractivity contribution in [2.75, 3.05) is 26.2 Å². The summed E-state index contributed by atoms with van der Waals surface area (Å²) in [6.45, 7) is 4.57. The van der Waals surface area contributed by atoms with Crippen LogP contribution in [0.25, 0.3) is 0 Å². The molecule has 1 aromatic carbocycles. The predicted octanol–water partition coefficient (Wildman–Crippen LogP) is 1.61. The summed E-state index contributed by atoms with van der Waals surface area (Å²) < 4.78 is 26.3. The Morgan fingerprint density at radius 1 is 1.20 bits per heavy atom. The fraction of sp³-hybridized carbons (Fsp3) is 0.429. The van der Waals surface area contributed by atoms with Crippen molar-refractivity contribution in [3.05, 3.63) is 35.4 Å². The molecule has 0 unspecified atom stereocenters. The van der Waals surface area contributed by atoms with E-state index >= 15 is 0 Å². The lowest BCUT2D eigenvalue weighted by Crippen LogP contribution is -2.39. The van der Waals surface area contributed by atoms with Crippen molar-refractivity contribution in [2.24, 2.45) is 0 Å². The quantitative estimate of drug-likeness (QED) is 0.774. The third-order valence-electron chi connectivity index (χ3n) is 2.79. The van der Waals surface area contributed by atoms with E-state index in [0.717, 1.165) is 12.1 Å². The molecule has 1 rings (SSSR count). The maximum atomic E-state index is 13.5. The van der Waals surface area contributed by atoms with Crippen LogP contribution in [0, 0.1) is 11.6 Å². The van der Waals surface area contributed by atoms with Gasteiger partial charge in [-0.05, 0) is 25.6 Å². The van der Waals surface area contributed by atoms with Gasteiger partial charge in [-0.25, -0.2) is 8.78 Å². The molecule has 1 N–H and O–H groups in total. The van der Waals surface area contributed by atoms with Crippen LogP contribution in [0.2, 0.25) is 0 Å². The molecule has 0 aliphatic heterocycles. The summed E-state index contributed by atoms with van der Waals surface area (Å²) in [6.07, 6.45) is 0. The standard InChI is InChI=1S/C14H18F2N2O2/c1-3-17-14(20)9-18(4-2)8-13(19)11-6-5-10(15)7-12(11)16/h5-7H,3-4,8-9H2,1-2H3,(H,17,20). The molecule has 0 aromatic heterocycles. The maximum absolute atomic E-state index is 13.5. The molecule has 6 heteroatoms. The Morgan fingerprint density at radius 2 is 1.90 bits per heavy atom. The van der Waals surface area contributed by atoms with Gasteiger partial charge in [0.2, 0.25) is 5.91 Å². The van der Waals surface area contributed by atoms with E-state index in [9.17, 15) is 18.4 Å². The molecule has 0 saturated heterocycles. The van der Waals surface area contributed by atoms with E-state index in [0.29, 0.717) is 19.2 Å². The summed E-state index contributed by atoms with van der Waals surface area (Å²) in [5.74, 6) is -2.28. The van der Waals surface area contributed by atoms with E-state index in [1.807, 2.05) is 0 Å². The monoisotopic (exact) mass is 284 g/mol. The third-order valence-corrected chi connectivity index (χ3v) is 2.79. The largest absolute Gasteiger partial charge is 0.355 e. The van der Waals surface area contributed by atoms with E-state index in [1.54, 1.807) is 18.7 Å². The predicted molar refractivity (Wildman–Crippen MR) is 71.5 cm³/mol. The van der Waals surface area contributed by atoms with Gasteiger partial charge in [0.25, 0.3) is 0 Å². The highest BCUT2D eigenvalue weighted by molar-refractivity contribution is 5.98. The number of ketones is 1. The van der Waals surface area contributed by atoms with Crippen LogP contribution in [-0.2, 0) is 4.79 Å². The molecule has 0 spiro atoms. The van der Waals surface area contributed by atoms with Crippen molar-refractivity contribution < 1.29 is 18.4 Å². The van der Waals surface area contributed by atoms with Crippen molar-refractivity contribution in [3.63, 3.8) is 0 Å². The van der Waals surface area contributed by atoms with Crippen LogP contribution in [0.1, 0.15) is 24.2 Å². The minimum absolute atomic E-state index is 0.0683. The molecule has 20 heavy (non-hydrogen) atoms. The number of likely N-dealkylation sites (N-methyl/N-ethyl adjacent to an activating group) is 2. The van der Waals surface area contributed by atoms with Crippen LogP contribution in [-0.4, -0.2) is 42.8 Å². The van der Waals surface area contributed by atoms with Crippen LogP contribution < -0.4 is 5.32 Å². The number of Topliss-reactive ketones (excluding diaryl/α,β-unsaturated/α-hetero) is 1. The maximum Gasteiger partial charge on any atom is 0.234 e. The first-order valence-electron chi connectivity index (χ1n) is 6.45. The molecule has 0 bridgehead atoms. The number of nitrogens with zero attached hydrogens (tertiary/aromatic N) is 1. The van der Waals surface area contributed by atoms with Gasteiger partial charge in [0.15, 0.2) is 5.78 Å². The average Bonchev–Trinajstić information content (AvgIpc) is 2.37. The van der Waals surface area contributed by atoms with Gasteiger partial charge in [0, 0.05) is 12.6 Å². The van der Waals surface area contributed by atoms with Gasteiger partial charge in [0.05, 0.1) is 18.7 Å². The number of hydrogen-bond donors (Lipinski definition) is 1. The minimum Gasteiger partial charge on any atom is -0.355 e. The summed E-state index contributed by atoms with van der Waals surface area (Å²) in [5.41, 5.74) is -0.166. The van der Waals surface area contributed by atoms with Crippen molar-refractivity contribution >= 4 is 11.7 Å². The van der Waals surface area contributed by atoms with Gasteiger partial charge in [-0.15, -0.1) is 0 Å². The lowest BCUT2D eigenvalue weighted by molar-refractivity contribution is -0.121. The molecule has 0 fully saturated rings. The van der Waals surface area contributed by atoms with Gasteiger partial charge in [-0.3, -0.25) is 14.5 Å². The lowest BCUT2D eigenvalue weighted by Gasteiger charge is -2.18. The Balaban J connectivity index is 2.69. The molecule has 0 saturated carbocycles. The molecule has 1 amide bonds. The molecule has 0 heterocycles. The molecule has 0 aliphatic rings. The topological polar surface area (TPSA) is 49.4 Å². The minimum atomic E-state index is -0.885. The number of halogens is 2. The molecule has 4 nitrogen and oxygen atoms in total. The Bertz CT molecular complexity index is 492. The highest BCUT2D eigenvalue weighted by Crippen LogP contribution is 2.11. The zero-order valence-corrected chi connectivity index (χ0v) is 11.6. The molecular formula is C14H18F2N2O2. The summed E-state index contributed by atoms with van der Waals surface area (Å²) in [5, 5.41) is 2.63. The Hall–Kier alpha value is -1.82. The van der Waals surface area contributed by atoms with Gasteiger partial charge >= 0.3 is 0 Å². The number of rotatable bonds is 7. The highest BCUT2D eigenvalue weighted by atomic mass is 19.1. The lowest BCUT2D eigenvalue weighted by atomic mass is 10.1. The molecule has 1 aromatic rings. The summed E-state index contributed by atoms with van der Waals surface area (Å²) in [7, 11) is 0. The zero-order chi connectivity index (χ0) is 15.1. The number of amides is 1. The van der Waals surface area contributed by atoms with E-state index in [4.69, 9.17) is 0 Å². The van der Waals surface area contributed by atoms with Gasteiger partial charge in [0.1, 0.15) is 11.6 Å². The first kappa shape index (κ1) is 16.2. The van der Waals surface area contributed by atoms with E-state index < -0.39 is 17.4 Å². The second-order valence-corrected chi connectivity index (χ2v) is 4.30. The van der Waals surface area contributed by atoms with Crippen molar-refractivity contribution in [3.8, 4) is 0 Å². The number of nitrogens with one attached hydrogen (secondary N) is 1. The number of benzene rings is 1. The van der Waals surface area contributed by atoms with Crippen LogP contribution >= 0.6 is 0 Å². The number of carbonyl (C=O) groups is 2. The Kier molecular flexibility index (Phi) is 6.24. The second kappa shape index (κ2) is 7.69. The number of hydrogen-bond acceptors (Lipinski definition) is 3. The molecule has 0 radical (unpaired) electrons. The van der Waals surface area contributed by atoms with Gasteiger partial charge in [-0.1, -0.05) is 6.92 Å². The summed E-state index contributed by atoms with van der Waals surface area (Å²) in [6, 6.07) is 2.83.